The maximum Gasteiger partial charge on any atom is 0.273 e. The Morgan fingerprint density at radius 3 is 2.37 bits per heavy atom. The molecule has 0 aliphatic carbocycles. The molecular weight excluding hydrogens is 342 g/mol. The fraction of sp³-hybridized carbons (Fsp3) is 0.381. The van der Waals surface area contributed by atoms with Gasteiger partial charge in [0.2, 0.25) is 5.91 Å². The third-order valence-corrected chi connectivity index (χ3v) is 5.16. The van der Waals surface area contributed by atoms with Crippen molar-refractivity contribution in [2.45, 2.75) is 39.3 Å². The maximum absolute atomic E-state index is 12.3. The SMILES string of the molecule is CC(=O)N(c1ccc(C)cc1)C1CCN(Cc2ccccc2[N+](=O)[O-])CC1. The first-order chi connectivity index (χ1) is 13.0. The Balaban J connectivity index is 1.66. The van der Waals surface area contributed by atoms with Gasteiger partial charge >= 0.3 is 0 Å². The lowest BCUT2D eigenvalue weighted by atomic mass is 10.0. The second-order valence-electron chi connectivity index (χ2n) is 7.12. The van der Waals surface area contributed by atoms with Crippen molar-refractivity contribution in [2.24, 2.45) is 0 Å². The Morgan fingerprint density at radius 1 is 1.15 bits per heavy atom. The number of anilines is 1. The molecule has 1 saturated heterocycles. The van der Waals surface area contributed by atoms with E-state index in [1.165, 1.54) is 5.56 Å². The van der Waals surface area contributed by atoms with Crippen LogP contribution in [0.25, 0.3) is 0 Å². The van der Waals surface area contributed by atoms with Crippen LogP contribution in [-0.2, 0) is 11.3 Å². The summed E-state index contributed by atoms with van der Waals surface area (Å²) in [4.78, 5) is 27.3. The third kappa shape index (κ3) is 4.52. The van der Waals surface area contributed by atoms with E-state index in [1.807, 2.05) is 48.2 Å². The van der Waals surface area contributed by atoms with E-state index in [2.05, 4.69) is 4.90 Å². The molecule has 0 radical (unpaired) electrons. The van der Waals surface area contributed by atoms with Gasteiger partial charge in [0.1, 0.15) is 0 Å². The van der Waals surface area contributed by atoms with E-state index in [-0.39, 0.29) is 22.6 Å². The molecule has 0 N–H and O–H groups in total. The van der Waals surface area contributed by atoms with Crippen LogP contribution >= 0.6 is 0 Å². The Morgan fingerprint density at radius 2 is 1.78 bits per heavy atom. The first kappa shape index (κ1) is 19.0. The van der Waals surface area contributed by atoms with Crippen LogP contribution in [0.5, 0.6) is 0 Å². The Bertz CT molecular complexity index is 812. The van der Waals surface area contributed by atoms with Gasteiger partial charge in [-0.15, -0.1) is 0 Å². The average Bonchev–Trinajstić information content (AvgIpc) is 2.65. The highest BCUT2D eigenvalue weighted by molar-refractivity contribution is 5.92. The number of nitrogens with zero attached hydrogens (tertiary/aromatic N) is 3. The maximum atomic E-state index is 12.3. The number of nitro groups is 1. The Kier molecular flexibility index (Phi) is 5.86. The number of piperidine rings is 1. The van der Waals surface area contributed by atoms with Crippen LogP contribution in [-0.4, -0.2) is 34.9 Å². The monoisotopic (exact) mass is 367 g/mol. The lowest BCUT2D eigenvalue weighted by Crippen LogP contribution is -2.46. The van der Waals surface area contributed by atoms with E-state index < -0.39 is 0 Å². The van der Waals surface area contributed by atoms with Gasteiger partial charge in [-0.05, 0) is 31.9 Å². The molecule has 142 valence electrons. The van der Waals surface area contributed by atoms with Crippen molar-refractivity contribution in [1.29, 1.82) is 0 Å². The van der Waals surface area contributed by atoms with E-state index in [0.29, 0.717) is 6.54 Å². The third-order valence-electron chi connectivity index (χ3n) is 5.16. The van der Waals surface area contributed by atoms with E-state index in [9.17, 15) is 14.9 Å². The fourth-order valence-corrected chi connectivity index (χ4v) is 3.75. The van der Waals surface area contributed by atoms with Gasteiger partial charge in [0.15, 0.2) is 0 Å². The van der Waals surface area contributed by atoms with Gasteiger partial charge < -0.3 is 4.90 Å². The molecule has 2 aromatic carbocycles. The van der Waals surface area contributed by atoms with Crippen molar-refractivity contribution in [3.05, 3.63) is 69.8 Å². The molecule has 0 unspecified atom stereocenters. The number of amides is 1. The molecule has 0 atom stereocenters. The van der Waals surface area contributed by atoms with E-state index >= 15 is 0 Å². The highest BCUT2D eigenvalue weighted by atomic mass is 16.6. The van der Waals surface area contributed by atoms with Gasteiger partial charge in [-0.25, -0.2) is 0 Å². The number of rotatable bonds is 5. The number of carbonyl (C=O) groups excluding carboxylic acids is 1. The number of benzene rings is 2. The average molecular weight is 367 g/mol. The minimum absolute atomic E-state index is 0.0519. The first-order valence-corrected chi connectivity index (χ1v) is 9.27. The molecule has 1 amide bonds. The molecule has 0 aromatic heterocycles. The fourth-order valence-electron chi connectivity index (χ4n) is 3.75. The van der Waals surface area contributed by atoms with E-state index in [4.69, 9.17) is 0 Å². The first-order valence-electron chi connectivity index (χ1n) is 9.27. The normalized spacial score (nSPS) is 15.5. The zero-order valence-corrected chi connectivity index (χ0v) is 15.8. The standard InChI is InChI=1S/C21H25N3O3/c1-16-7-9-19(10-8-16)23(17(2)25)20-11-13-22(14-12-20)15-18-5-3-4-6-21(18)24(26)27/h3-10,20H,11-15H2,1-2H3. The smallest absolute Gasteiger partial charge is 0.273 e. The number of hydrogen-bond acceptors (Lipinski definition) is 4. The van der Waals surface area contributed by atoms with E-state index in [1.54, 1.807) is 19.1 Å². The van der Waals surface area contributed by atoms with Crippen LogP contribution in [0, 0.1) is 17.0 Å². The lowest BCUT2D eigenvalue weighted by Gasteiger charge is -2.38. The van der Waals surface area contributed by atoms with Crippen LogP contribution < -0.4 is 4.90 Å². The van der Waals surface area contributed by atoms with Crippen molar-refractivity contribution >= 4 is 17.3 Å². The predicted octanol–water partition coefficient (Wildman–Crippen LogP) is 3.92. The van der Waals surface area contributed by atoms with E-state index in [0.717, 1.165) is 37.2 Å². The number of carbonyl (C=O) groups is 1. The molecule has 2 aromatic rings. The van der Waals surface area contributed by atoms with Gasteiger partial charge in [-0.3, -0.25) is 19.8 Å². The summed E-state index contributed by atoms with van der Waals surface area (Å²) in [7, 11) is 0. The van der Waals surface area contributed by atoms with Crippen LogP contribution in [0.3, 0.4) is 0 Å². The summed E-state index contributed by atoms with van der Waals surface area (Å²) in [5.74, 6) is 0.0519. The molecule has 1 aliphatic rings. The van der Waals surface area contributed by atoms with Gasteiger partial charge in [-0.1, -0.05) is 35.9 Å². The van der Waals surface area contributed by atoms with Crippen LogP contribution in [0.1, 0.15) is 30.9 Å². The molecule has 6 nitrogen and oxygen atoms in total. The van der Waals surface area contributed by atoms with Crippen LogP contribution in [0.4, 0.5) is 11.4 Å². The molecule has 1 fully saturated rings. The molecule has 6 heteroatoms. The summed E-state index contributed by atoms with van der Waals surface area (Å²) >= 11 is 0. The van der Waals surface area contributed by atoms with Crippen molar-refractivity contribution < 1.29 is 9.72 Å². The second kappa shape index (κ2) is 8.31. The summed E-state index contributed by atoms with van der Waals surface area (Å²) in [6.07, 6.45) is 1.71. The largest absolute Gasteiger partial charge is 0.310 e. The predicted molar refractivity (Wildman–Crippen MR) is 106 cm³/mol. The second-order valence-corrected chi connectivity index (χ2v) is 7.12. The minimum atomic E-state index is -0.322. The number of aryl methyl sites for hydroxylation is 1. The van der Waals surface area contributed by atoms with Gasteiger partial charge in [0, 0.05) is 49.9 Å². The molecule has 27 heavy (non-hydrogen) atoms. The summed E-state index contributed by atoms with van der Waals surface area (Å²) in [5, 5.41) is 11.2. The summed E-state index contributed by atoms with van der Waals surface area (Å²) in [6.45, 7) is 5.83. The molecule has 0 bridgehead atoms. The zero-order chi connectivity index (χ0) is 19.4. The van der Waals surface area contributed by atoms with Crippen LogP contribution in [0.2, 0.25) is 0 Å². The molecule has 1 aliphatic heterocycles. The van der Waals surface area contributed by atoms with Gasteiger partial charge in [0.05, 0.1) is 4.92 Å². The van der Waals surface area contributed by atoms with Crippen molar-refractivity contribution in [2.75, 3.05) is 18.0 Å². The number of nitro benzene ring substituents is 1. The topological polar surface area (TPSA) is 66.7 Å². The summed E-state index contributed by atoms with van der Waals surface area (Å²) in [6, 6.07) is 15.1. The quantitative estimate of drug-likeness (QED) is 0.593. The molecule has 0 saturated carbocycles. The Labute approximate surface area is 159 Å². The highest BCUT2D eigenvalue weighted by Crippen LogP contribution is 2.26. The highest BCUT2D eigenvalue weighted by Gasteiger charge is 2.28. The van der Waals surface area contributed by atoms with Gasteiger partial charge in [0.25, 0.3) is 5.69 Å². The van der Waals surface area contributed by atoms with Gasteiger partial charge in [-0.2, -0.15) is 0 Å². The van der Waals surface area contributed by atoms with Crippen molar-refractivity contribution in [3.63, 3.8) is 0 Å². The molecule has 1 heterocycles. The van der Waals surface area contributed by atoms with Crippen LogP contribution in [0.15, 0.2) is 48.5 Å². The lowest BCUT2D eigenvalue weighted by molar-refractivity contribution is -0.385. The zero-order valence-electron chi connectivity index (χ0n) is 15.8. The van der Waals surface area contributed by atoms with Crippen molar-refractivity contribution in [1.82, 2.24) is 4.90 Å². The summed E-state index contributed by atoms with van der Waals surface area (Å²) < 4.78 is 0. The molecule has 3 rings (SSSR count). The number of para-hydroxylation sites is 1. The number of likely N-dealkylation sites (tertiary alicyclic amines) is 1. The van der Waals surface area contributed by atoms with Crippen molar-refractivity contribution in [3.8, 4) is 0 Å². The summed E-state index contributed by atoms with van der Waals surface area (Å²) in [5.41, 5.74) is 3.01. The molecule has 0 spiro atoms. The molecular formula is C21H25N3O3. The Hall–Kier alpha value is -2.73. The number of hydrogen-bond donors (Lipinski definition) is 0. The minimum Gasteiger partial charge on any atom is -0.310 e.